The second kappa shape index (κ2) is 6.14. The van der Waals surface area contributed by atoms with Gasteiger partial charge in [0.2, 0.25) is 0 Å². The van der Waals surface area contributed by atoms with Gasteiger partial charge in [-0.25, -0.2) is 9.59 Å². The Hall–Kier alpha value is -0.910. The van der Waals surface area contributed by atoms with Crippen molar-refractivity contribution in [3.8, 4) is 0 Å². The number of nitrogens with one attached hydrogen (secondary N) is 2. The molecule has 0 bridgehead atoms. The Balaban J connectivity index is 2.27. The molecule has 1 saturated heterocycles. The van der Waals surface area contributed by atoms with Gasteiger partial charge in [0.25, 0.3) is 0 Å². The molecule has 1 fully saturated rings. The van der Waals surface area contributed by atoms with E-state index < -0.39 is 17.5 Å². The van der Waals surface area contributed by atoms with E-state index in [0.717, 1.165) is 24.3 Å². The van der Waals surface area contributed by atoms with E-state index in [-0.39, 0.29) is 0 Å². The van der Waals surface area contributed by atoms with Gasteiger partial charge in [-0.2, -0.15) is 11.8 Å². The van der Waals surface area contributed by atoms with Gasteiger partial charge in [-0.3, -0.25) is 0 Å². The molecule has 0 atom stereocenters. The lowest BCUT2D eigenvalue weighted by atomic mass is 10.0. The fraction of sp³-hybridized carbons (Fsp3) is 0.818. The maximum absolute atomic E-state index is 11.5. The van der Waals surface area contributed by atoms with Gasteiger partial charge in [0.05, 0.1) is 0 Å². The molecule has 1 heterocycles. The molecule has 5 nitrogen and oxygen atoms in total. The second-order valence-electron chi connectivity index (χ2n) is 4.82. The van der Waals surface area contributed by atoms with Gasteiger partial charge in [0, 0.05) is 6.54 Å². The van der Waals surface area contributed by atoms with Crippen molar-refractivity contribution in [3.05, 3.63) is 0 Å². The quantitative estimate of drug-likeness (QED) is 0.712. The Morgan fingerprint density at radius 3 is 2.47 bits per heavy atom. The Morgan fingerprint density at radius 2 is 1.94 bits per heavy atom. The van der Waals surface area contributed by atoms with Crippen LogP contribution in [-0.4, -0.2) is 40.7 Å². The molecule has 0 radical (unpaired) electrons. The van der Waals surface area contributed by atoms with Crippen molar-refractivity contribution >= 4 is 23.8 Å². The standard InChI is InChI=1S/C11H20N2O3S/c1-11(2,9(14)15)13-10(16)12-7-8-3-5-17-6-4-8/h8H,3-7H2,1-2H3,(H,14,15)(H2,12,13,16). The normalized spacial score (nSPS) is 17.5. The van der Waals surface area contributed by atoms with Crippen LogP contribution in [0.2, 0.25) is 0 Å². The van der Waals surface area contributed by atoms with Gasteiger partial charge in [0.15, 0.2) is 0 Å². The van der Waals surface area contributed by atoms with Crippen molar-refractivity contribution in [3.63, 3.8) is 0 Å². The lowest BCUT2D eigenvalue weighted by molar-refractivity contribution is -0.142. The molecule has 2 amide bonds. The van der Waals surface area contributed by atoms with Crippen LogP contribution in [0.3, 0.4) is 0 Å². The molecule has 0 aromatic rings. The zero-order chi connectivity index (χ0) is 12.9. The van der Waals surface area contributed by atoms with Crippen LogP contribution in [-0.2, 0) is 4.79 Å². The summed E-state index contributed by atoms with van der Waals surface area (Å²) in [5.41, 5.74) is -1.23. The lowest BCUT2D eigenvalue weighted by Crippen LogP contribution is -2.53. The van der Waals surface area contributed by atoms with Crippen LogP contribution in [0, 0.1) is 5.92 Å². The van der Waals surface area contributed by atoms with E-state index in [1.165, 1.54) is 13.8 Å². The number of carboxylic acids is 1. The first-order valence-corrected chi connectivity index (χ1v) is 6.94. The molecule has 17 heavy (non-hydrogen) atoms. The Morgan fingerprint density at radius 1 is 1.35 bits per heavy atom. The first kappa shape index (κ1) is 14.2. The number of thioether (sulfide) groups is 1. The van der Waals surface area contributed by atoms with Crippen LogP contribution in [0.1, 0.15) is 26.7 Å². The van der Waals surface area contributed by atoms with Gasteiger partial charge < -0.3 is 15.7 Å². The number of aliphatic carboxylic acids is 1. The lowest BCUT2D eigenvalue weighted by Gasteiger charge is -2.24. The molecule has 0 aliphatic carbocycles. The molecule has 0 aromatic heterocycles. The first-order chi connectivity index (χ1) is 7.92. The maximum Gasteiger partial charge on any atom is 0.328 e. The molecule has 0 saturated carbocycles. The number of amides is 2. The van der Waals surface area contributed by atoms with E-state index in [4.69, 9.17) is 5.11 Å². The van der Waals surface area contributed by atoms with Crippen molar-refractivity contribution in [2.24, 2.45) is 5.92 Å². The number of rotatable bonds is 4. The summed E-state index contributed by atoms with van der Waals surface area (Å²) >= 11 is 1.94. The Labute approximate surface area is 106 Å². The number of carbonyl (C=O) groups is 2. The van der Waals surface area contributed by atoms with Crippen molar-refractivity contribution in [2.45, 2.75) is 32.2 Å². The van der Waals surface area contributed by atoms with Crippen molar-refractivity contribution in [2.75, 3.05) is 18.1 Å². The molecule has 0 unspecified atom stereocenters. The number of urea groups is 1. The molecule has 3 N–H and O–H groups in total. The minimum absolute atomic E-state index is 0.407. The summed E-state index contributed by atoms with van der Waals surface area (Å²) in [5.74, 6) is 1.78. The largest absolute Gasteiger partial charge is 0.480 e. The third-order valence-electron chi connectivity index (χ3n) is 2.85. The van der Waals surface area contributed by atoms with Gasteiger partial charge in [-0.1, -0.05) is 0 Å². The predicted molar refractivity (Wildman–Crippen MR) is 68.3 cm³/mol. The van der Waals surface area contributed by atoms with Crippen LogP contribution >= 0.6 is 11.8 Å². The van der Waals surface area contributed by atoms with Crippen molar-refractivity contribution < 1.29 is 14.7 Å². The summed E-state index contributed by atoms with van der Waals surface area (Å²) in [6.07, 6.45) is 2.24. The van der Waals surface area contributed by atoms with E-state index in [0.29, 0.717) is 12.5 Å². The first-order valence-electron chi connectivity index (χ1n) is 5.79. The predicted octanol–water partition coefficient (Wildman–Crippen LogP) is 1.29. The van der Waals surface area contributed by atoms with E-state index in [2.05, 4.69) is 10.6 Å². The molecule has 0 aromatic carbocycles. The van der Waals surface area contributed by atoms with Crippen LogP contribution in [0.25, 0.3) is 0 Å². The molecule has 6 heteroatoms. The van der Waals surface area contributed by atoms with Crippen molar-refractivity contribution in [1.82, 2.24) is 10.6 Å². The number of carboxylic acid groups (broad SMARTS) is 1. The average Bonchev–Trinajstić information content (AvgIpc) is 2.27. The number of carbonyl (C=O) groups excluding carboxylic acids is 1. The molecular weight excluding hydrogens is 240 g/mol. The summed E-state index contributed by atoms with van der Waals surface area (Å²) in [4.78, 5) is 22.3. The third kappa shape index (κ3) is 4.85. The fourth-order valence-electron chi connectivity index (χ4n) is 1.57. The van der Waals surface area contributed by atoms with Gasteiger partial charge in [-0.15, -0.1) is 0 Å². The monoisotopic (exact) mass is 260 g/mol. The minimum atomic E-state index is -1.23. The molecule has 98 valence electrons. The molecular formula is C11H20N2O3S. The summed E-state index contributed by atoms with van der Waals surface area (Å²) in [7, 11) is 0. The summed E-state index contributed by atoms with van der Waals surface area (Å²) < 4.78 is 0. The van der Waals surface area contributed by atoms with Gasteiger partial charge in [0.1, 0.15) is 5.54 Å². The SMILES string of the molecule is CC(C)(NC(=O)NCC1CCSCC1)C(=O)O. The second-order valence-corrected chi connectivity index (χ2v) is 6.05. The zero-order valence-electron chi connectivity index (χ0n) is 10.3. The minimum Gasteiger partial charge on any atom is -0.480 e. The topological polar surface area (TPSA) is 78.4 Å². The Kier molecular flexibility index (Phi) is 5.11. The van der Waals surface area contributed by atoms with Crippen LogP contribution < -0.4 is 10.6 Å². The van der Waals surface area contributed by atoms with Crippen LogP contribution in [0.5, 0.6) is 0 Å². The average molecular weight is 260 g/mol. The highest BCUT2D eigenvalue weighted by Crippen LogP contribution is 2.21. The summed E-state index contributed by atoms with van der Waals surface area (Å²) in [5, 5.41) is 14.0. The van der Waals surface area contributed by atoms with E-state index in [1.54, 1.807) is 0 Å². The van der Waals surface area contributed by atoms with Gasteiger partial charge >= 0.3 is 12.0 Å². The van der Waals surface area contributed by atoms with E-state index >= 15 is 0 Å². The summed E-state index contributed by atoms with van der Waals surface area (Å²) in [6, 6.07) is -0.407. The number of hydrogen-bond acceptors (Lipinski definition) is 3. The van der Waals surface area contributed by atoms with Gasteiger partial charge in [-0.05, 0) is 44.1 Å². The van der Waals surface area contributed by atoms with E-state index in [1.807, 2.05) is 11.8 Å². The van der Waals surface area contributed by atoms with Crippen LogP contribution in [0.15, 0.2) is 0 Å². The summed E-state index contributed by atoms with van der Waals surface area (Å²) in [6.45, 7) is 3.56. The smallest absolute Gasteiger partial charge is 0.328 e. The highest BCUT2D eigenvalue weighted by molar-refractivity contribution is 7.99. The third-order valence-corrected chi connectivity index (χ3v) is 3.90. The highest BCUT2D eigenvalue weighted by Gasteiger charge is 2.29. The molecule has 1 rings (SSSR count). The van der Waals surface area contributed by atoms with Crippen LogP contribution in [0.4, 0.5) is 4.79 Å². The fourth-order valence-corrected chi connectivity index (χ4v) is 2.77. The Bertz CT molecular complexity index is 288. The molecule has 0 spiro atoms. The maximum atomic E-state index is 11.5. The zero-order valence-corrected chi connectivity index (χ0v) is 11.1. The highest BCUT2D eigenvalue weighted by atomic mass is 32.2. The number of hydrogen-bond donors (Lipinski definition) is 3. The van der Waals surface area contributed by atoms with E-state index in [9.17, 15) is 9.59 Å². The van der Waals surface area contributed by atoms with Crippen molar-refractivity contribution in [1.29, 1.82) is 0 Å². The molecule has 1 aliphatic rings. The molecule has 1 aliphatic heterocycles.